The molecule has 0 radical (unpaired) electrons. The molecule has 0 aliphatic carbocycles. The minimum Gasteiger partial charge on any atom is -0.387 e. The van der Waals surface area contributed by atoms with Gasteiger partial charge in [-0.05, 0) is 25.1 Å². The average molecular weight is 277 g/mol. The molecule has 20 heavy (non-hydrogen) atoms. The van der Waals surface area contributed by atoms with Crippen LogP contribution in [0.25, 0.3) is 0 Å². The highest BCUT2D eigenvalue weighted by Crippen LogP contribution is 2.19. The molecular weight excluding hydrogens is 264 g/mol. The number of amides is 1. The molecule has 2 rings (SSSR count). The highest BCUT2D eigenvalue weighted by atomic mass is 19.1. The molecule has 0 unspecified atom stereocenters. The third-order valence-corrected chi connectivity index (χ3v) is 2.73. The Balaban J connectivity index is 2.30. The molecule has 0 aliphatic heterocycles. The van der Waals surface area contributed by atoms with Gasteiger partial charge < -0.3 is 10.6 Å². The molecule has 0 atom stereocenters. The van der Waals surface area contributed by atoms with E-state index in [0.717, 1.165) is 23.9 Å². The van der Waals surface area contributed by atoms with E-state index in [4.69, 9.17) is 0 Å². The number of hydrogen-bond acceptors (Lipinski definition) is 3. The van der Waals surface area contributed by atoms with Crippen molar-refractivity contribution in [3.8, 4) is 0 Å². The van der Waals surface area contributed by atoms with E-state index >= 15 is 0 Å². The van der Waals surface area contributed by atoms with Crippen LogP contribution in [0.1, 0.15) is 16.1 Å². The number of carbonyl (C=O) groups excluding carboxylic acids is 1. The average Bonchev–Trinajstić information content (AvgIpc) is 2.42. The van der Waals surface area contributed by atoms with Crippen LogP contribution >= 0.6 is 0 Å². The predicted octanol–water partition coefficient (Wildman–Crippen LogP) is 2.96. The van der Waals surface area contributed by atoms with Crippen molar-refractivity contribution in [3.63, 3.8) is 0 Å². The van der Waals surface area contributed by atoms with Crippen molar-refractivity contribution in [2.75, 3.05) is 17.7 Å². The number of halogens is 2. The highest BCUT2D eigenvalue weighted by molar-refractivity contribution is 6.07. The van der Waals surface area contributed by atoms with Gasteiger partial charge in [0.2, 0.25) is 0 Å². The number of anilines is 2. The zero-order chi connectivity index (χ0) is 14.7. The molecule has 0 saturated heterocycles. The van der Waals surface area contributed by atoms with E-state index in [2.05, 4.69) is 15.6 Å². The van der Waals surface area contributed by atoms with Gasteiger partial charge in [0.15, 0.2) is 0 Å². The fourth-order valence-corrected chi connectivity index (χ4v) is 1.73. The first kappa shape index (κ1) is 13.9. The number of rotatable bonds is 3. The maximum atomic E-state index is 13.5. The number of carbonyl (C=O) groups is 1. The van der Waals surface area contributed by atoms with E-state index < -0.39 is 17.5 Å². The third-order valence-electron chi connectivity index (χ3n) is 2.73. The second kappa shape index (κ2) is 5.64. The van der Waals surface area contributed by atoms with Crippen LogP contribution in [0.3, 0.4) is 0 Å². The van der Waals surface area contributed by atoms with E-state index in [1.807, 2.05) is 0 Å². The maximum absolute atomic E-state index is 13.5. The Hall–Kier alpha value is -2.50. The van der Waals surface area contributed by atoms with Crippen LogP contribution in [0.2, 0.25) is 0 Å². The van der Waals surface area contributed by atoms with Gasteiger partial charge in [-0.2, -0.15) is 0 Å². The number of aromatic nitrogens is 1. The van der Waals surface area contributed by atoms with E-state index in [0.29, 0.717) is 5.69 Å². The van der Waals surface area contributed by atoms with Gasteiger partial charge >= 0.3 is 0 Å². The normalized spacial score (nSPS) is 10.2. The summed E-state index contributed by atoms with van der Waals surface area (Å²) in [5.74, 6) is -1.89. The van der Waals surface area contributed by atoms with Crippen LogP contribution in [0.5, 0.6) is 0 Å². The lowest BCUT2D eigenvalue weighted by Gasteiger charge is -2.10. The third kappa shape index (κ3) is 2.90. The summed E-state index contributed by atoms with van der Waals surface area (Å²) in [6, 6.07) is 4.56. The van der Waals surface area contributed by atoms with Gasteiger partial charge in [0.05, 0.1) is 16.9 Å². The molecule has 6 heteroatoms. The summed E-state index contributed by atoms with van der Waals surface area (Å²) in [4.78, 5) is 16.1. The van der Waals surface area contributed by atoms with E-state index in [1.165, 1.54) is 6.20 Å². The Bertz CT molecular complexity index is 659. The Morgan fingerprint density at radius 3 is 2.65 bits per heavy atom. The molecule has 104 valence electrons. The van der Waals surface area contributed by atoms with Gasteiger partial charge in [-0.25, -0.2) is 8.78 Å². The van der Waals surface area contributed by atoms with Crippen molar-refractivity contribution in [1.29, 1.82) is 0 Å². The van der Waals surface area contributed by atoms with Crippen LogP contribution in [-0.2, 0) is 0 Å². The fraction of sp³-hybridized carbons (Fsp3) is 0.143. The summed E-state index contributed by atoms with van der Waals surface area (Å²) in [7, 11) is 1.66. The summed E-state index contributed by atoms with van der Waals surface area (Å²) in [6.07, 6.45) is 1.38. The largest absolute Gasteiger partial charge is 0.387 e. The monoisotopic (exact) mass is 277 g/mol. The smallest absolute Gasteiger partial charge is 0.259 e. The second-order valence-electron chi connectivity index (χ2n) is 4.20. The van der Waals surface area contributed by atoms with Crippen molar-refractivity contribution in [2.24, 2.45) is 0 Å². The van der Waals surface area contributed by atoms with Crippen LogP contribution in [0.15, 0.2) is 30.5 Å². The molecule has 0 spiro atoms. The Kier molecular flexibility index (Phi) is 3.93. The SMILES string of the molecule is CNc1cc(C)ncc1C(=O)Nc1cc(F)ccc1F. The molecule has 0 bridgehead atoms. The molecule has 1 heterocycles. The van der Waals surface area contributed by atoms with Crippen LogP contribution in [-0.4, -0.2) is 17.9 Å². The minimum atomic E-state index is -0.703. The Morgan fingerprint density at radius 1 is 1.20 bits per heavy atom. The van der Waals surface area contributed by atoms with E-state index in [1.54, 1.807) is 20.0 Å². The van der Waals surface area contributed by atoms with Crippen molar-refractivity contribution in [2.45, 2.75) is 6.92 Å². The van der Waals surface area contributed by atoms with Gasteiger partial charge in [-0.1, -0.05) is 0 Å². The quantitative estimate of drug-likeness (QED) is 0.907. The minimum absolute atomic E-state index is 0.211. The number of aryl methyl sites for hydroxylation is 1. The second-order valence-corrected chi connectivity index (χ2v) is 4.20. The first-order chi connectivity index (χ1) is 9.51. The van der Waals surface area contributed by atoms with E-state index in [9.17, 15) is 13.6 Å². The zero-order valence-corrected chi connectivity index (χ0v) is 11.0. The summed E-state index contributed by atoms with van der Waals surface area (Å²) < 4.78 is 26.5. The van der Waals surface area contributed by atoms with Gasteiger partial charge in [0, 0.05) is 25.0 Å². The molecule has 2 aromatic rings. The molecule has 1 aromatic heterocycles. The summed E-state index contributed by atoms with van der Waals surface area (Å²) >= 11 is 0. The van der Waals surface area contributed by atoms with Crippen LogP contribution in [0, 0.1) is 18.6 Å². The lowest BCUT2D eigenvalue weighted by Crippen LogP contribution is -2.15. The first-order valence-electron chi connectivity index (χ1n) is 5.92. The molecule has 2 N–H and O–H groups in total. The molecule has 1 amide bonds. The van der Waals surface area contributed by atoms with Crippen molar-refractivity contribution < 1.29 is 13.6 Å². The molecule has 1 aromatic carbocycles. The van der Waals surface area contributed by atoms with Crippen molar-refractivity contribution in [3.05, 3.63) is 53.4 Å². The summed E-state index contributed by atoms with van der Waals surface area (Å²) in [6.45, 7) is 1.79. The van der Waals surface area contributed by atoms with Crippen LogP contribution in [0.4, 0.5) is 20.2 Å². The number of pyridine rings is 1. The maximum Gasteiger partial charge on any atom is 0.259 e. The van der Waals surface area contributed by atoms with Crippen molar-refractivity contribution in [1.82, 2.24) is 4.98 Å². The number of nitrogens with one attached hydrogen (secondary N) is 2. The van der Waals surface area contributed by atoms with Crippen LogP contribution < -0.4 is 10.6 Å². The fourth-order valence-electron chi connectivity index (χ4n) is 1.73. The lowest BCUT2D eigenvalue weighted by molar-refractivity contribution is 0.102. The molecule has 4 nitrogen and oxygen atoms in total. The van der Waals surface area contributed by atoms with Gasteiger partial charge in [-0.3, -0.25) is 9.78 Å². The molecule has 0 saturated carbocycles. The van der Waals surface area contributed by atoms with Gasteiger partial charge in [0.25, 0.3) is 5.91 Å². The standard InChI is InChI=1S/C14H13F2N3O/c1-8-5-12(17-2)10(7-18-8)14(20)19-13-6-9(15)3-4-11(13)16/h3-7H,1-2H3,(H,17,18)(H,19,20). The zero-order valence-electron chi connectivity index (χ0n) is 11.0. The Morgan fingerprint density at radius 2 is 1.95 bits per heavy atom. The number of hydrogen-bond donors (Lipinski definition) is 2. The summed E-state index contributed by atoms with van der Waals surface area (Å²) in [5, 5.41) is 5.19. The Labute approximate surface area is 114 Å². The van der Waals surface area contributed by atoms with Gasteiger partial charge in [-0.15, -0.1) is 0 Å². The molecule has 0 aliphatic rings. The predicted molar refractivity (Wildman–Crippen MR) is 72.8 cm³/mol. The topological polar surface area (TPSA) is 54.0 Å². The van der Waals surface area contributed by atoms with E-state index in [-0.39, 0.29) is 11.3 Å². The number of benzene rings is 1. The summed E-state index contributed by atoms with van der Waals surface area (Å²) in [5.41, 5.74) is 1.34. The molecule has 0 fully saturated rings. The van der Waals surface area contributed by atoms with Crippen molar-refractivity contribution >= 4 is 17.3 Å². The highest BCUT2D eigenvalue weighted by Gasteiger charge is 2.14. The lowest BCUT2D eigenvalue weighted by atomic mass is 10.2. The van der Waals surface area contributed by atoms with Gasteiger partial charge in [0.1, 0.15) is 11.6 Å². The number of nitrogens with zero attached hydrogens (tertiary/aromatic N) is 1. The first-order valence-corrected chi connectivity index (χ1v) is 5.92. The molecular formula is C14H13F2N3O.